The Labute approximate surface area is 208 Å². The topological polar surface area (TPSA) is 126 Å². The molecule has 1 fully saturated rings. The van der Waals surface area contributed by atoms with Crippen molar-refractivity contribution in [3.63, 3.8) is 0 Å². The zero-order chi connectivity index (χ0) is 24.2. The average Bonchev–Trinajstić information content (AvgIpc) is 2.77. The summed E-state index contributed by atoms with van der Waals surface area (Å²) in [5.74, 6) is -0.870. The molecule has 0 saturated carbocycles. The van der Waals surface area contributed by atoms with E-state index < -0.39 is 22.1 Å². The van der Waals surface area contributed by atoms with E-state index >= 15 is 0 Å². The number of hydrogen-bond acceptors (Lipinski definition) is 7. The van der Waals surface area contributed by atoms with Gasteiger partial charge in [-0.05, 0) is 81.5 Å². The number of rotatable bonds is 8. The summed E-state index contributed by atoms with van der Waals surface area (Å²) < 4.78 is 34.4. The number of piperidine rings is 1. The van der Waals surface area contributed by atoms with Crippen LogP contribution < -0.4 is 4.74 Å². The van der Waals surface area contributed by atoms with Crippen LogP contribution in [0.4, 0.5) is 0 Å². The van der Waals surface area contributed by atoms with Crippen LogP contribution in [0, 0.1) is 0 Å². The second-order valence-electron chi connectivity index (χ2n) is 7.33. The number of ether oxygens (including phenoxy) is 1. The van der Waals surface area contributed by atoms with Gasteiger partial charge in [-0.1, -0.05) is 11.6 Å². The number of carboxylic acids is 1. The van der Waals surface area contributed by atoms with Crippen LogP contribution in [0.1, 0.15) is 31.7 Å². The molecule has 2 aromatic rings. The third kappa shape index (κ3) is 6.25. The van der Waals surface area contributed by atoms with E-state index in [1.807, 2.05) is 0 Å². The third-order valence-electron chi connectivity index (χ3n) is 4.87. The fourth-order valence-electron chi connectivity index (χ4n) is 3.11. The van der Waals surface area contributed by atoms with Gasteiger partial charge in [0, 0.05) is 19.2 Å². The second-order valence-corrected chi connectivity index (χ2v) is 10.9. The number of carbonyl (C=O) groups is 1. The molecule has 0 aliphatic carbocycles. The first-order valence-corrected chi connectivity index (χ1v) is 13.0. The van der Waals surface area contributed by atoms with Gasteiger partial charge in [-0.25, -0.2) is 13.2 Å². The van der Waals surface area contributed by atoms with E-state index in [1.165, 1.54) is 35.6 Å². The fraction of sp³-hybridized carbons (Fsp3) is 0.333. The minimum Gasteiger partial charge on any atom is -0.507 e. The van der Waals surface area contributed by atoms with Crippen LogP contribution in [0.2, 0.25) is 0 Å². The highest BCUT2D eigenvalue weighted by Crippen LogP contribution is 2.39. The molecule has 1 heterocycles. The van der Waals surface area contributed by atoms with E-state index in [4.69, 9.17) is 14.7 Å². The Hall–Kier alpha value is -2.15. The van der Waals surface area contributed by atoms with Crippen molar-refractivity contribution in [3.05, 3.63) is 44.8 Å². The average molecular weight is 606 g/mol. The molecule has 9 nitrogen and oxygen atoms in total. The summed E-state index contributed by atoms with van der Waals surface area (Å²) in [5.41, 5.74) is 0.595. The molecular formula is C21H22Br2N2O7S. The van der Waals surface area contributed by atoms with Crippen molar-refractivity contribution in [2.24, 2.45) is 5.16 Å². The largest absolute Gasteiger partial charge is 0.507 e. The minimum absolute atomic E-state index is 0.206. The first kappa shape index (κ1) is 25.5. The highest BCUT2D eigenvalue weighted by Gasteiger charge is 2.29. The number of phenols is 1. The number of oxime groups is 1. The van der Waals surface area contributed by atoms with Gasteiger partial charge < -0.3 is 19.8 Å². The molecule has 0 aromatic heterocycles. The first-order valence-electron chi connectivity index (χ1n) is 10.0. The summed E-state index contributed by atoms with van der Waals surface area (Å²) in [4.78, 5) is 15.4. The van der Waals surface area contributed by atoms with Gasteiger partial charge in [-0.15, -0.1) is 0 Å². The van der Waals surface area contributed by atoms with Crippen LogP contribution in [0.15, 0.2) is 49.3 Å². The normalized spacial score (nSPS) is 16.0. The van der Waals surface area contributed by atoms with Gasteiger partial charge in [0.05, 0.1) is 15.2 Å². The van der Waals surface area contributed by atoms with Gasteiger partial charge in [0.1, 0.15) is 16.4 Å². The molecule has 2 N–H and O–H groups in total. The monoisotopic (exact) mass is 604 g/mol. The van der Waals surface area contributed by atoms with Crippen molar-refractivity contribution >= 4 is 54.1 Å². The smallest absolute Gasteiger partial charge is 0.347 e. The molecule has 1 unspecified atom stereocenters. The quantitative estimate of drug-likeness (QED) is 0.330. The highest BCUT2D eigenvalue weighted by molar-refractivity contribution is 9.11. The Kier molecular flexibility index (Phi) is 8.38. The fourth-order valence-corrected chi connectivity index (χ4v) is 6.10. The Morgan fingerprint density at radius 3 is 2.39 bits per heavy atom. The SMILES string of the molecule is CC(O/N=C/c1cc(Br)c(Oc2ccc(O)c(S(=O)(=O)N3CCCCC3)c2)c(Br)c1)C(=O)O. The zero-order valence-corrected chi connectivity index (χ0v) is 21.6. The first-order chi connectivity index (χ1) is 15.6. The minimum atomic E-state index is -3.85. The lowest BCUT2D eigenvalue weighted by Gasteiger charge is -2.26. The highest BCUT2D eigenvalue weighted by atomic mass is 79.9. The van der Waals surface area contributed by atoms with Gasteiger partial charge in [0.15, 0.2) is 5.75 Å². The van der Waals surface area contributed by atoms with Gasteiger partial charge in [0.25, 0.3) is 0 Å². The van der Waals surface area contributed by atoms with Crippen LogP contribution in [-0.4, -0.2) is 54.3 Å². The molecule has 1 atom stereocenters. The van der Waals surface area contributed by atoms with Crippen LogP contribution in [0.5, 0.6) is 17.2 Å². The predicted octanol–water partition coefficient (Wildman–Crippen LogP) is 4.71. The van der Waals surface area contributed by atoms with Gasteiger partial charge >= 0.3 is 5.97 Å². The van der Waals surface area contributed by atoms with Crippen LogP contribution in [0.25, 0.3) is 0 Å². The number of benzene rings is 2. The molecule has 0 radical (unpaired) electrons. The molecule has 12 heteroatoms. The van der Waals surface area contributed by atoms with Crippen LogP contribution in [0.3, 0.4) is 0 Å². The Bertz CT molecular complexity index is 1140. The summed E-state index contributed by atoms with van der Waals surface area (Å²) in [6, 6.07) is 7.40. The number of phenolic OH excluding ortho intramolecular Hbond substituents is 1. The number of sulfonamides is 1. The maximum Gasteiger partial charge on any atom is 0.347 e. The van der Waals surface area contributed by atoms with E-state index in [2.05, 4.69) is 37.0 Å². The molecule has 1 aliphatic rings. The second kappa shape index (κ2) is 10.9. The molecular weight excluding hydrogens is 584 g/mol. The van der Waals surface area contributed by atoms with E-state index in [0.717, 1.165) is 19.3 Å². The maximum atomic E-state index is 13.0. The molecule has 178 valence electrons. The number of aromatic hydroxyl groups is 1. The third-order valence-corrected chi connectivity index (χ3v) is 7.98. The van der Waals surface area contributed by atoms with Crippen molar-refractivity contribution in [1.29, 1.82) is 0 Å². The van der Waals surface area contributed by atoms with Crippen molar-refractivity contribution < 1.29 is 33.0 Å². The summed E-state index contributed by atoms with van der Waals surface area (Å²) in [7, 11) is -3.85. The zero-order valence-electron chi connectivity index (χ0n) is 17.6. The van der Waals surface area contributed by atoms with E-state index in [9.17, 15) is 18.3 Å². The van der Waals surface area contributed by atoms with Crippen molar-refractivity contribution in [2.45, 2.75) is 37.2 Å². The number of aliphatic carboxylic acids is 1. The number of hydrogen-bond donors (Lipinski definition) is 2. The molecule has 1 saturated heterocycles. The van der Waals surface area contributed by atoms with Crippen molar-refractivity contribution in [3.8, 4) is 17.2 Å². The number of nitrogens with zero attached hydrogens (tertiary/aromatic N) is 2. The molecule has 3 rings (SSSR count). The number of carboxylic acid groups (broad SMARTS) is 1. The standard InChI is InChI=1S/C21H22Br2N2O7S/c1-13(21(27)28)32-24-12-14-9-16(22)20(17(23)10-14)31-15-5-6-18(26)19(11-15)33(29,30)25-7-3-2-4-8-25/h5-6,9-13,26H,2-4,7-8H2,1H3,(H,27,28)/b24-12+. The van der Waals surface area contributed by atoms with E-state index in [-0.39, 0.29) is 16.4 Å². The maximum absolute atomic E-state index is 13.0. The molecule has 0 bridgehead atoms. The molecule has 0 amide bonds. The van der Waals surface area contributed by atoms with Crippen LogP contribution in [-0.2, 0) is 19.7 Å². The summed E-state index contributed by atoms with van der Waals surface area (Å²) in [6.07, 6.45) is 2.82. The van der Waals surface area contributed by atoms with Gasteiger partial charge in [-0.2, -0.15) is 4.31 Å². The summed E-state index contributed by atoms with van der Waals surface area (Å²) >= 11 is 6.81. The molecule has 2 aromatic carbocycles. The molecule has 0 spiro atoms. The Balaban J connectivity index is 1.83. The number of halogens is 2. The lowest BCUT2D eigenvalue weighted by atomic mass is 10.2. The van der Waals surface area contributed by atoms with Crippen LogP contribution >= 0.6 is 31.9 Å². The Morgan fingerprint density at radius 1 is 1.15 bits per heavy atom. The lowest BCUT2D eigenvalue weighted by molar-refractivity contribution is -0.149. The van der Waals surface area contributed by atoms with Crippen molar-refractivity contribution in [1.82, 2.24) is 4.31 Å². The summed E-state index contributed by atoms with van der Waals surface area (Å²) in [5, 5.41) is 22.7. The predicted molar refractivity (Wildman–Crippen MR) is 128 cm³/mol. The Morgan fingerprint density at radius 2 is 1.79 bits per heavy atom. The van der Waals surface area contributed by atoms with Crippen molar-refractivity contribution in [2.75, 3.05) is 13.1 Å². The molecule has 33 heavy (non-hydrogen) atoms. The van der Waals surface area contributed by atoms with Gasteiger partial charge in [0.2, 0.25) is 16.1 Å². The molecule has 1 aliphatic heterocycles. The van der Waals surface area contributed by atoms with E-state index in [1.54, 1.807) is 12.1 Å². The summed E-state index contributed by atoms with van der Waals surface area (Å²) in [6.45, 7) is 2.20. The lowest BCUT2D eigenvalue weighted by Crippen LogP contribution is -2.35. The van der Waals surface area contributed by atoms with Gasteiger partial charge in [-0.3, -0.25) is 0 Å². The van der Waals surface area contributed by atoms with E-state index in [0.29, 0.717) is 33.3 Å².